The molecule has 1 aromatic rings. The summed E-state index contributed by atoms with van der Waals surface area (Å²) in [5.74, 6) is -0.207. The van der Waals surface area contributed by atoms with Crippen LogP contribution in [-0.4, -0.2) is 26.8 Å². The molecule has 1 aromatic heterocycles. The predicted molar refractivity (Wildman–Crippen MR) is 72.9 cm³/mol. The van der Waals surface area contributed by atoms with Crippen molar-refractivity contribution < 1.29 is 19.1 Å². The lowest BCUT2D eigenvalue weighted by Gasteiger charge is -2.12. The zero-order valence-electron chi connectivity index (χ0n) is 10.9. The van der Waals surface area contributed by atoms with Crippen molar-refractivity contribution in [2.75, 3.05) is 17.2 Å². The summed E-state index contributed by atoms with van der Waals surface area (Å²) in [7, 11) is -4.38. The van der Waals surface area contributed by atoms with Gasteiger partial charge in [-0.15, -0.1) is 0 Å². The van der Waals surface area contributed by atoms with Crippen molar-refractivity contribution in [2.45, 2.75) is 26.7 Å². The van der Waals surface area contributed by atoms with E-state index in [4.69, 9.17) is 15.5 Å². The smallest absolute Gasteiger partial charge is 0.334 e. The first-order valence-corrected chi connectivity index (χ1v) is 7.69. The largest absolute Gasteiger partial charge is 0.383 e. The summed E-state index contributed by atoms with van der Waals surface area (Å²) in [5.41, 5.74) is 7.40. The quantitative estimate of drug-likeness (QED) is 0.596. The van der Waals surface area contributed by atoms with Crippen LogP contribution in [0.15, 0.2) is 6.07 Å². The average Bonchev–Trinajstić information content (AvgIpc) is 2.26. The minimum atomic E-state index is -4.38. The summed E-state index contributed by atoms with van der Waals surface area (Å²) in [6.45, 7) is 3.84. The Morgan fingerprint density at radius 3 is 2.42 bits per heavy atom. The van der Waals surface area contributed by atoms with E-state index in [-0.39, 0.29) is 5.82 Å². The Hall–Kier alpha value is -1.43. The number of nitrogens with two attached hydrogens (primary N) is 1. The molecule has 0 atom stereocenters. The van der Waals surface area contributed by atoms with Crippen molar-refractivity contribution in [3.8, 4) is 0 Å². The number of pyridine rings is 1. The summed E-state index contributed by atoms with van der Waals surface area (Å²) < 4.78 is 10.7. The molecule has 106 valence electrons. The number of nitrogen functional groups attached to an aromatic ring is 1. The fourth-order valence-electron chi connectivity index (χ4n) is 1.64. The lowest BCUT2D eigenvalue weighted by molar-refractivity contribution is -0.114. The number of carbonyl (C=O) groups excluding carboxylic acids is 1. The SMILES string of the molecule is CCc1cc(CC)c(NC(=O)CP(=O)(O)O)nc1N. The van der Waals surface area contributed by atoms with Crippen LogP contribution in [0.1, 0.15) is 25.0 Å². The Balaban J connectivity index is 2.98. The topological polar surface area (TPSA) is 126 Å². The van der Waals surface area contributed by atoms with E-state index in [0.717, 1.165) is 17.5 Å². The first kappa shape index (κ1) is 15.6. The van der Waals surface area contributed by atoms with Gasteiger partial charge in [-0.3, -0.25) is 9.36 Å². The number of nitrogens with one attached hydrogen (secondary N) is 1. The third-order valence-electron chi connectivity index (χ3n) is 2.58. The standard InChI is InChI=1S/C11H18N3O4P/c1-3-7-5-8(4-2)11(14-10(7)12)13-9(15)6-19(16,17)18/h5H,3-4,6H2,1-2H3,(H2,16,17,18)(H3,12,13,14,15). The van der Waals surface area contributed by atoms with Crippen LogP contribution in [0.5, 0.6) is 0 Å². The van der Waals surface area contributed by atoms with Crippen LogP contribution in [0.25, 0.3) is 0 Å². The van der Waals surface area contributed by atoms with Crippen LogP contribution in [0.3, 0.4) is 0 Å². The van der Waals surface area contributed by atoms with Gasteiger partial charge in [-0.2, -0.15) is 0 Å². The lowest BCUT2D eigenvalue weighted by Crippen LogP contribution is -2.19. The van der Waals surface area contributed by atoms with Gasteiger partial charge < -0.3 is 20.8 Å². The molecule has 0 aliphatic carbocycles. The number of hydrogen-bond donors (Lipinski definition) is 4. The van der Waals surface area contributed by atoms with Crippen LogP contribution in [0, 0.1) is 0 Å². The van der Waals surface area contributed by atoms with E-state index in [0.29, 0.717) is 12.2 Å². The molecule has 0 spiro atoms. The highest BCUT2D eigenvalue weighted by atomic mass is 31.2. The number of hydrogen-bond acceptors (Lipinski definition) is 4. The van der Waals surface area contributed by atoms with Crippen LogP contribution >= 0.6 is 7.60 Å². The Labute approximate surface area is 111 Å². The molecule has 7 nitrogen and oxygen atoms in total. The fraction of sp³-hybridized carbons (Fsp3) is 0.455. The molecule has 8 heteroatoms. The van der Waals surface area contributed by atoms with E-state index in [1.165, 1.54) is 0 Å². The maximum Gasteiger partial charge on any atom is 0.334 e. The van der Waals surface area contributed by atoms with Crippen LogP contribution in [0.4, 0.5) is 11.6 Å². The summed E-state index contributed by atoms with van der Waals surface area (Å²) in [6.07, 6.45) is 0.488. The van der Waals surface area contributed by atoms with E-state index in [1.54, 1.807) is 0 Å². The van der Waals surface area contributed by atoms with E-state index < -0.39 is 19.7 Å². The number of carbonyl (C=O) groups is 1. The average molecular weight is 287 g/mol. The molecule has 19 heavy (non-hydrogen) atoms. The first-order chi connectivity index (χ1) is 8.76. The molecular weight excluding hydrogens is 269 g/mol. The van der Waals surface area contributed by atoms with E-state index in [2.05, 4.69) is 10.3 Å². The van der Waals surface area contributed by atoms with Gasteiger partial charge in [-0.1, -0.05) is 13.8 Å². The fourth-order valence-corrected chi connectivity index (χ4v) is 2.09. The van der Waals surface area contributed by atoms with Crippen molar-refractivity contribution in [1.29, 1.82) is 0 Å². The van der Waals surface area contributed by atoms with Gasteiger partial charge in [0.1, 0.15) is 17.8 Å². The molecule has 1 rings (SSSR count). The maximum atomic E-state index is 11.5. The summed E-state index contributed by atoms with van der Waals surface area (Å²) in [4.78, 5) is 33.0. The Morgan fingerprint density at radius 2 is 1.95 bits per heavy atom. The zero-order chi connectivity index (χ0) is 14.6. The molecule has 0 radical (unpaired) electrons. The van der Waals surface area contributed by atoms with E-state index in [9.17, 15) is 9.36 Å². The van der Waals surface area contributed by atoms with E-state index in [1.807, 2.05) is 19.9 Å². The summed E-state index contributed by atoms with van der Waals surface area (Å²) >= 11 is 0. The molecule has 0 aromatic carbocycles. The van der Waals surface area contributed by atoms with Crippen molar-refractivity contribution in [3.63, 3.8) is 0 Å². The third kappa shape index (κ3) is 4.63. The summed E-state index contributed by atoms with van der Waals surface area (Å²) in [6, 6.07) is 1.84. The second-order valence-corrected chi connectivity index (χ2v) is 5.76. The normalized spacial score (nSPS) is 11.4. The third-order valence-corrected chi connectivity index (χ3v) is 3.28. The van der Waals surface area contributed by atoms with Crippen LogP contribution < -0.4 is 11.1 Å². The molecule has 5 N–H and O–H groups in total. The van der Waals surface area contributed by atoms with Crippen molar-refractivity contribution in [1.82, 2.24) is 4.98 Å². The molecule has 0 unspecified atom stereocenters. The van der Waals surface area contributed by atoms with Crippen LogP contribution in [0.2, 0.25) is 0 Å². The molecule has 0 aliphatic rings. The van der Waals surface area contributed by atoms with Crippen molar-refractivity contribution in [2.24, 2.45) is 0 Å². The number of nitrogens with zero attached hydrogens (tertiary/aromatic N) is 1. The Morgan fingerprint density at radius 1 is 1.37 bits per heavy atom. The van der Waals surface area contributed by atoms with Crippen molar-refractivity contribution in [3.05, 3.63) is 17.2 Å². The molecule has 0 aliphatic heterocycles. The Kier molecular flexibility index (Phi) is 5.05. The van der Waals surface area contributed by atoms with Gasteiger partial charge in [0.25, 0.3) is 0 Å². The monoisotopic (exact) mass is 287 g/mol. The number of rotatable bonds is 5. The summed E-state index contributed by atoms with van der Waals surface area (Å²) in [5, 5.41) is 2.39. The molecule has 0 saturated carbocycles. The second kappa shape index (κ2) is 6.14. The van der Waals surface area contributed by atoms with Gasteiger partial charge >= 0.3 is 7.60 Å². The van der Waals surface area contributed by atoms with Crippen LogP contribution in [-0.2, 0) is 22.2 Å². The number of aryl methyl sites for hydroxylation is 2. The highest BCUT2D eigenvalue weighted by Crippen LogP contribution is 2.34. The minimum Gasteiger partial charge on any atom is -0.383 e. The molecule has 1 amide bonds. The number of amides is 1. The zero-order valence-corrected chi connectivity index (χ0v) is 11.8. The highest BCUT2D eigenvalue weighted by molar-refractivity contribution is 7.52. The molecule has 0 bridgehead atoms. The molecule has 0 saturated heterocycles. The molecule has 1 heterocycles. The first-order valence-electron chi connectivity index (χ1n) is 5.89. The second-order valence-electron chi connectivity index (χ2n) is 4.12. The van der Waals surface area contributed by atoms with Gasteiger partial charge in [0, 0.05) is 0 Å². The lowest BCUT2D eigenvalue weighted by atomic mass is 10.1. The van der Waals surface area contributed by atoms with Gasteiger partial charge in [0.2, 0.25) is 5.91 Å². The molecular formula is C11H18N3O4P. The van der Waals surface area contributed by atoms with Gasteiger partial charge in [0.05, 0.1) is 0 Å². The highest BCUT2D eigenvalue weighted by Gasteiger charge is 2.20. The molecule has 0 fully saturated rings. The minimum absolute atomic E-state index is 0.260. The van der Waals surface area contributed by atoms with Crippen molar-refractivity contribution >= 4 is 25.1 Å². The number of aromatic nitrogens is 1. The van der Waals surface area contributed by atoms with Gasteiger partial charge in [-0.05, 0) is 30.0 Å². The van der Waals surface area contributed by atoms with Gasteiger partial charge in [0.15, 0.2) is 0 Å². The number of anilines is 2. The van der Waals surface area contributed by atoms with Gasteiger partial charge in [-0.25, -0.2) is 4.98 Å². The predicted octanol–water partition coefficient (Wildman–Crippen LogP) is 0.905. The van der Waals surface area contributed by atoms with E-state index >= 15 is 0 Å². The Bertz CT molecular complexity index is 527. The maximum absolute atomic E-state index is 11.5.